The number of hydrogen-bond acceptors (Lipinski definition) is 2. The first kappa shape index (κ1) is 11.4. The van der Waals surface area contributed by atoms with E-state index in [-0.39, 0.29) is 0 Å². The van der Waals surface area contributed by atoms with Gasteiger partial charge in [0, 0.05) is 0 Å². The second kappa shape index (κ2) is 5.86. The van der Waals surface area contributed by atoms with E-state index in [0.717, 1.165) is 19.0 Å². The van der Waals surface area contributed by atoms with E-state index in [0.29, 0.717) is 12.2 Å². The Balaban J connectivity index is 1.72. The van der Waals surface area contributed by atoms with Crippen LogP contribution in [0.5, 0.6) is 0 Å². The highest BCUT2D eigenvalue weighted by Crippen LogP contribution is 2.29. The molecule has 1 saturated carbocycles. The van der Waals surface area contributed by atoms with E-state index in [9.17, 15) is 0 Å². The topological polar surface area (TPSA) is 21.3 Å². The SMILES string of the molecule is CCC1CCCC(OC2CCNCC2)C1. The summed E-state index contributed by atoms with van der Waals surface area (Å²) in [4.78, 5) is 0. The minimum atomic E-state index is 0.548. The van der Waals surface area contributed by atoms with Crippen LogP contribution in [-0.4, -0.2) is 25.3 Å². The van der Waals surface area contributed by atoms with Gasteiger partial charge >= 0.3 is 0 Å². The molecule has 1 heterocycles. The largest absolute Gasteiger partial charge is 0.375 e. The molecule has 0 aromatic carbocycles. The number of nitrogens with one attached hydrogen (secondary N) is 1. The number of hydrogen-bond donors (Lipinski definition) is 1. The third-order valence-electron chi connectivity index (χ3n) is 3.98. The lowest BCUT2D eigenvalue weighted by Crippen LogP contribution is -2.36. The second-order valence-corrected chi connectivity index (χ2v) is 5.15. The summed E-state index contributed by atoms with van der Waals surface area (Å²) in [6.07, 6.45) is 10.3. The normalized spacial score (nSPS) is 34.2. The first-order valence-corrected chi connectivity index (χ1v) is 6.74. The zero-order valence-corrected chi connectivity index (χ0v) is 10.0. The third-order valence-corrected chi connectivity index (χ3v) is 3.98. The molecule has 1 aliphatic carbocycles. The van der Waals surface area contributed by atoms with Gasteiger partial charge in [-0.3, -0.25) is 0 Å². The van der Waals surface area contributed by atoms with E-state index in [1.54, 1.807) is 0 Å². The summed E-state index contributed by atoms with van der Waals surface area (Å²) in [5.74, 6) is 0.936. The molecule has 15 heavy (non-hydrogen) atoms. The van der Waals surface area contributed by atoms with Crippen LogP contribution in [0.4, 0.5) is 0 Å². The number of ether oxygens (including phenoxy) is 1. The molecule has 0 aromatic heterocycles. The first-order chi connectivity index (χ1) is 7.38. The predicted octanol–water partition coefficient (Wildman–Crippen LogP) is 2.72. The third kappa shape index (κ3) is 3.46. The van der Waals surface area contributed by atoms with Crippen molar-refractivity contribution in [3.8, 4) is 0 Å². The lowest BCUT2D eigenvalue weighted by molar-refractivity contribution is -0.0517. The van der Waals surface area contributed by atoms with Crippen LogP contribution in [0.25, 0.3) is 0 Å². The average molecular weight is 211 g/mol. The molecular formula is C13H25NO. The molecule has 2 fully saturated rings. The molecule has 2 rings (SSSR count). The molecule has 2 unspecified atom stereocenters. The van der Waals surface area contributed by atoms with E-state index in [1.807, 2.05) is 0 Å². The molecule has 0 aromatic rings. The fourth-order valence-electron chi connectivity index (χ4n) is 2.94. The van der Waals surface area contributed by atoms with Gasteiger partial charge in [-0.2, -0.15) is 0 Å². The van der Waals surface area contributed by atoms with Gasteiger partial charge in [0.2, 0.25) is 0 Å². The Morgan fingerprint density at radius 1 is 1.07 bits per heavy atom. The highest BCUT2D eigenvalue weighted by molar-refractivity contribution is 4.76. The smallest absolute Gasteiger partial charge is 0.0603 e. The maximum atomic E-state index is 6.22. The minimum absolute atomic E-state index is 0.548. The first-order valence-electron chi connectivity index (χ1n) is 6.74. The summed E-state index contributed by atoms with van der Waals surface area (Å²) in [7, 11) is 0. The molecule has 0 radical (unpaired) electrons. The summed E-state index contributed by atoms with van der Waals surface area (Å²) < 4.78 is 6.22. The van der Waals surface area contributed by atoms with E-state index in [2.05, 4.69) is 12.2 Å². The predicted molar refractivity (Wildman–Crippen MR) is 63.0 cm³/mol. The maximum absolute atomic E-state index is 6.22. The second-order valence-electron chi connectivity index (χ2n) is 5.15. The van der Waals surface area contributed by atoms with Crippen molar-refractivity contribution in [3.05, 3.63) is 0 Å². The van der Waals surface area contributed by atoms with Crippen molar-refractivity contribution in [2.24, 2.45) is 5.92 Å². The Kier molecular flexibility index (Phi) is 4.45. The van der Waals surface area contributed by atoms with Gasteiger partial charge in [-0.1, -0.05) is 26.2 Å². The molecular weight excluding hydrogens is 186 g/mol. The van der Waals surface area contributed by atoms with Crippen LogP contribution in [-0.2, 0) is 4.74 Å². The van der Waals surface area contributed by atoms with Crippen LogP contribution in [0.1, 0.15) is 51.9 Å². The molecule has 0 spiro atoms. The van der Waals surface area contributed by atoms with Crippen LogP contribution in [0, 0.1) is 5.92 Å². The molecule has 0 bridgehead atoms. The van der Waals surface area contributed by atoms with Crippen LogP contribution in [0.2, 0.25) is 0 Å². The van der Waals surface area contributed by atoms with Crippen molar-refractivity contribution in [2.45, 2.75) is 64.1 Å². The van der Waals surface area contributed by atoms with Gasteiger partial charge in [0.25, 0.3) is 0 Å². The van der Waals surface area contributed by atoms with Gasteiger partial charge < -0.3 is 10.1 Å². The Morgan fingerprint density at radius 3 is 2.60 bits per heavy atom. The molecule has 2 heteroatoms. The molecule has 0 amide bonds. The van der Waals surface area contributed by atoms with Crippen molar-refractivity contribution in [1.29, 1.82) is 0 Å². The highest BCUT2D eigenvalue weighted by atomic mass is 16.5. The zero-order chi connectivity index (χ0) is 10.5. The summed E-state index contributed by atoms with van der Waals surface area (Å²) in [5, 5.41) is 3.39. The summed E-state index contributed by atoms with van der Waals surface area (Å²) >= 11 is 0. The van der Waals surface area contributed by atoms with E-state index in [4.69, 9.17) is 4.74 Å². The van der Waals surface area contributed by atoms with E-state index in [1.165, 1.54) is 44.9 Å². The van der Waals surface area contributed by atoms with E-state index >= 15 is 0 Å². The monoisotopic (exact) mass is 211 g/mol. The Morgan fingerprint density at radius 2 is 1.87 bits per heavy atom. The highest BCUT2D eigenvalue weighted by Gasteiger charge is 2.24. The Labute approximate surface area is 93.8 Å². The molecule has 1 N–H and O–H groups in total. The molecule has 1 saturated heterocycles. The molecule has 2 aliphatic rings. The molecule has 1 aliphatic heterocycles. The summed E-state index contributed by atoms with van der Waals surface area (Å²) in [5.41, 5.74) is 0. The fourth-order valence-corrected chi connectivity index (χ4v) is 2.94. The van der Waals surface area contributed by atoms with Crippen molar-refractivity contribution in [3.63, 3.8) is 0 Å². The van der Waals surface area contributed by atoms with E-state index < -0.39 is 0 Å². The van der Waals surface area contributed by atoms with Crippen molar-refractivity contribution in [1.82, 2.24) is 5.32 Å². The summed E-state index contributed by atoms with van der Waals surface area (Å²) in [6, 6.07) is 0. The number of rotatable bonds is 3. The quantitative estimate of drug-likeness (QED) is 0.775. The van der Waals surface area contributed by atoms with Gasteiger partial charge in [0.1, 0.15) is 0 Å². The van der Waals surface area contributed by atoms with Crippen LogP contribution in [0.15, 0.2) is 0 Å². The maximum Gasteiger partial charge on any atom is 0.0603 e. The lowest BCUT2D eigenvalue weighted by atomic mass is 9.85. The molecule has 2 nitrogen and oxygen atoms in total. The minimum Gasteiger partial charge on any atom is -0.375 e. The van der Waals surface area contributed by atoms with Gasteiger partial charge in [0.15, 0.2) is 0 Å². The van der Waals surface area contributed by atoms with Gasteiger partial charge in [0.05, 0.1) is 12.2 Å². The van der Waals surface area contributed by atoms with Crippen molar-refractivity contribution >= 4 is 0 Å². The lowest BCUT2D eigenvalue weighted by Gasteiger charge is -2.33. The molecule has 2 atom stereocenters. The van der Waals surface area contributed by atoms with Crippen LogP contribution in [0.3, 0.4) is 0 Å². The zero-order valence-electron chi connectivity index (χ0n) is 10.0. The Hall–Kier alpha value is -0.0800. The van der Waals surface area contributed by atoms with Crippen molar-refractivity contribution in [2.75, 3.05) is 13.1 Å². The average Bonchev–Trinajstić information content (AvgIpc) is 2.31. The molecule has 88 valence electrons. The summed E-state index contributed by atoms with van der Waals surface area (Å²) in [6.45, 7) is 4.61. The standard InChI is InChI=1S/C13H25NO/c1-2-11-4-3-5-13(10-11)15-12-6-8-14-9-7-12/h11-14H,2-10H2,1H3. The van der Waals surface area contributed by atoms with Gasteiger partial charge in [-0.15, -0.1) is 0 Å². The number of piperidine rings is 1. The van der Waals surface area contributed by atoms with Gasteiger partial charge in [-0.25, -0.2) is 0 Å². The van der Waals surface area contributed by atoms with Crippen LogP contribution < -0.4 is 5.32 Å². The van der Waals surface area contributed by atoms with Gasteiger partial charge in [-0.05, 0) is 44.7 Å². The Bertz CT molecular complexity index is 177. The van der Waals surface area contributed by atoms with Crippen LogP contribution >= 0.6 is 0 Å². The fraction of sp³-hybridized carbons (Fsp3) is 1.00. The van der Waals surface area contributed by atoms with Crippen molar-refractivity contribution < 1.29 is 4.74 Å².